The van der Waals surface area contributed by atoms with Crippen LogP contribution < -0.4 is 4.74 Å². The SMILES string of the molecule is COc1ccc([C@@H]2CC(C)=C3[C@H](CCS3(=O)=O)C23C(=O)OC(C)(C)OC3=O)cc1O. The molecule has 0 bridgehead atoms. The van der Waals surface area contributed by atoms with Gasteiger partial charge in [-0.2, -0.15) is 0 Å². The molecule has 1 spiro atoms. The lowest BCUT2D eigenvalue weighted by molar-refractivity contribution is -0.257. The molecule has 0 saturated carbocycles. The Kier molecular flexibility index (Phi) is 4.47. The number of aromatic hydroxyl groups is 1. The average molecular weight is 436 g/mol. The fourth-order valence-corrected chi connectivity index (χ4v) is 7.25. The van der Waals surface area contributed by atoms with Gasteiger partial charge in [-0.05, 0) is 37.5 Å². The molecular formula is C21H24O8S. The van der Waals surface area contributed by atoms with Crippen LogP contribution in [-0.2, 0) is 28.9 Å². The molecule has 2 fully saturated rings. The van der Waals surface area contributed by atoms with Gasteiger partial charge in [0.15, 0.2) is 26.8 Å². The van der Waals surface area contributed by atoms with Gasteiger partial charge in [-0.1, -0.05) is 11.6 Å². The number of cyclic esters (lactones) is 2. The van der Waals surface area contributed by atoms with Gasteiger partial charge in [-0.15, -0.1) is 0 Å². The van der Waals surface area contributed by atoms with Gasteiger partial charge >= 0.3 is 11.9 Å². The van der Waals surface area contributed by atoms with Gasteiger partial charge in [0.2, 0.25) is 0 Å². The summed E-state index contributed by atoms with van der Waals surface area (Å²) >= 11 is 0. The second kappa shape index (κ2) is 6.47. The monoisotopic (exact) mass is 436 g/mol. The first kappa shape index (κ1) is 20.7. The Morgan fingerprint density at radius 3 is 2.33 bits per heavy atom. The minimum Gasteiger partial charge on any atom is -0.504 e. The van der Waals surface area contributed by atoms with Crippen molar-refractivity contribution in [1.29, 1.82) is 0 Å². The number of benzene rings is 1. The molecule has 1 aromatic rings. The number of hydrogen-bond donors (Lipinski definition) is 1. The topological polar surface area (TPSA) is 116 Å². The Morgan fingerprint density at radius 2 is 1.77 bits per heavy atom. The highest BCUT2D eigenvalue weighted by molar-refractivity contribution is 7.95. The van der Waals surface area contributed by atoms with E-state index >= 15 is 0 Å². The lowest BCUT2D eigenvalue weighted by Crippen LogP contribution is -2.60. The summed E-state index contributed by atoms with van der Waals surface area (Å²) in [5.74, 6) is -4.71. The van der Waals surface area contributed by atoms with Crippen LogP contribution in [0, 0.1) is 11.3 Å². The number of ether oxygens (including phenoxy) is 3. The summed E-state index contributed by atoms with van der Waals surface area (Å²) in [7, 11) is -2.16. The lowest BCUT2D eigenvalue weighted by Gasteiger charge is -2.49. The number of carbonyl (C=O) groups is 2. The van der Waals surface area contributed by atoms with Crippen molar-refractivity contribution in [1.82, 2.24) is 0 Å². The van der Waals surface area contributed by atoms with Crippen LogP contribution in [0.3, 0.4) is 0 Å². The van der Waals surface area contributed by atoms with Gasteiger partial charge in [0.25, 0.3) is 5.79 Å². The van der Waals surface area contributed by atoms with E-state index in [1.165, 1.54) is 27.0 Å². The number of allylic oxidation sites excluding steroid dienone is 2. The van der Waals surface area contributed by atoms with E-state index in [9.17, 15) is 23.1 Å². The summed E-state index contributed by atoms with van der Waals surface area (Å²) in [5.41, 5.74) is -0.729. The second-order valence-electron chi connectivity index (χ2n) is 8.54. The standard InChI is InChI=1S/C21H24O8S/c1-11-9-14(12-5-6-16(27-4)15(22)10-12)21(13-7-8-30(25,26)17(11)13)18(23)28-20(2,3)29-19(21)24/h5-6,10,13-14,22H,7-9H2,1-4H3/t13-,14-/m0/s1. The molecule has 0 amide bonds. The van der Waals surface area contributed by atoms with E-state index in [2.05, 4.69) is 0 Å². The zero-order chi connectivity index (χ0) is 22.1. The first-order chi connectivity index (χ1) is 13.9. The van der Waals surface area contributed by atoms with Crippen LogP contribution in [0.4, 0.5) is 0 Å². The maximum absolute atomic E-state index is 13.4. The fourth-order valence-electron chi connectivity index (χ4n) is 5.13. The van der Waals surface area contributed by atoms with Crippen molar-refractivity contribution in [3.63, 3.8) is 0 Å². The van der Waals surface area contributed by atoms with Crippen LogP contribution in [0.1, 0.15) is 45.1 Å². The largest absolute Gasteiger partial charge is 0.504 e. The third-order valence-electron chi connectivity index (χ3n) is 6.31. The highest BCUT2D eigenvalue weighted by Gasteiger charge is 2.69. The number of phenols is 1. The van der Waals surface area contributed by atoms with Crippen molar-refractivity contribution < 1.29 is 37.3 Å². The van der Waals surface area contributed by atoms with Crippen LogP contribution in [0.2, 0.25) is 0 Å². The predicted molar refractivity (Wildman–Crippen MR) is 105 cm³/mol. The van der Waals surface area contributed by atoms with Crippen molar-refractivity contribution in [2.75, 3.05) is 12.9 Å². The van der Waals surface area contributed by atoms with Crippen LogP contribution in [0.5, 0.6) is 11.5 Å². The van der Waals surface area contributed by atoms with Gasteiger partial charge in [0.05, 0.1) is 12.9 Å². The molecule has 8 nitrogen and oxygen atoms in total. The maximum Gasteiger partial charge on any atom is 0.328 e. The highest BCUT2D eigenvalue weighted by atomic mass is 32.2. The summed E-state index contributed by atoms with van der Waals surface area (Å²) < 4.78 is 41.5. The van der Waals surface area contributed by atoms with Crippen molar-refractivity contribution in [2.24, 2.45) is 11.3 Å². The van der Waals surface area contributed by atoms with Crippen LogP contribution in [0.15, 0.2) is 28.7 Å². The minimum absolute atomic E-state index is 0.123. The van der Waals surface area contributed by atoms with E-state index in [1.807, 2.05) is 0 Å². The molecule has 0 aromatic heterocycles. The average Bonchev–Trinajstić information content (AvgIpc) is 2.96. The van der Waals surface area contributed by atoms with Gasteiger partial charge in [0, 0.05) is 30.6 Å². The van der Waals surface area contributed by atoms with Gasteiger partial charge in [-0.25, -0.2) is 8.42 Å². The number of rotatable bonds is 2. The molecular weight excluding hydrogens is 412 g/mol. The fraction of sp³-hybridized carbons (Fsp3) is 0.524. The molecule has 9 heteroatoms. The lowest BCUT2D eigenvalue weighted by atomic mass is 9.58. The number of fused-ring (bicyclic) bond motifs is 2. The number of carbonyl (C=O) groups excluding carboxylic acids is 2. The highest BCUT2D eigenvalue weighted by Crippen LogP contribution is 2.61. The molecule has 30 heavy (non-hydrogen) atoms. The molecule has 162 valence electrons. The number of sulfone groups is 1. The Labute approximate surface area is 174 Å². The van der Waals surface area contributed by atoms with Gasteiger partial charge in [0.1, 0.15) is 0 Å². The summed E-state index contributed by atoms with van der Waals surface area (Å²) in [6.07, 6.45) is 0.264. The van der Waals surface area contributed by atoms with Gasteiger partial charge in [-0.3, -0.25) is 9.59 Å². The minimum atomic E-state index is -3.58. The van der Waals surface area contributed by atoms with Crippen LogP contribution in [0.25, 0.3) is 0 Å². The summed E-state index contributed by atoms with van der Waals surface area (Å²) in [6.45, 7) is 4.62. The first-order valence-corrected chi connectivity index (χ1v) is 11.4. The molecule has 0 unspecified atom stereocenters. The number of esters is 2. The third kappa shape index (κ3) is 2.74. The zero-order valence-corrected chi connectivity index (χ0v) is 18.0. The number of methoxy groups -OCH3 is 1. The third-order valence-corrected chi connectivity index (χ3v) is 8.39. The number of phenolic OH excluding ortho intramolecular Hbond substituents is 1. The van der Waals surface area contributed by atoms with Crippen molar-refractivity contribution >= 4 is 21.8 Å². The number of hydrogen-bond acceptors (Lipinski definition) is 8. The van der Waals surface area contributed by atoms with Gasteiger partial charge < -0.3 is 19.3 Å². The Morgan fingerprint density at radius 1 is 1.13 bits per heavy atom. The smallest absolute Gasteiger partial charge is 0.328 e. The van der Waals surface area contributed by atoms with Crippen molar-refractivity contribution in [2.45, 2.75) is 45.3 Å². The Balaban J connectivity index is 1.96. The second-order valence-corrected chi connectivity index (χ2v) is 10.6. The van der Waals surface area contributed by atoms with Crippen LogP contribution in [-0.4, -0.2) is 44.1 Å². The normalized spacial score (nSPS) is 28.7. The quantitative estimate of drug-likeness (QED) is 0.555. The molecule has 2 saturated heterocycles. The van der Waals surface area contributed by atoms with Crippen LogP contribution >= 0.6 is 0 Å². The first-order valence-electron chi connectivity index (χ1n) is 9.70. The van der Waals surface area contributed by atoms with E-state index in [1.54, 1.807) is 19.1 Å². The molecule has 2 heterocycles. The molecule has 1 aromatic carbocycles. The molecule has 2 aliphatic heterocycles. The molecule has 4 rings (SSSR count). The Bertz CT molecular complexity index is 1060. The summed E-state index contributed by atoms with van der Waals surface area (Å²) in [4.78, 5) is 27.0. The van der Waals surface area contributed by atoms with E-state index in [0.717, 1.165) is 0 Å². The van der Waals surface area contributed by atoms with E-state index in [-0.39, 0.29) is 35.0 Å². The van der Waals surface area contributed by atoms with E-state index in [0.29, 0.717) is 11.1 Å². The molecule has 1 N–H and O–H groups in total. The zero-order valence-electron chi connectivity index (χ0n) is 17.2. The van der Waals surface area contributed by atoms with E-state index < -0.39 is 44.8 Å². The van der Waals surface area contributed by atoms with E-state index in [4.69, 9.17) is 14.2 Å². The predicted octanol–water partition coefficient (Wildman–Crippen LogP) is 2.42. The molecule has 0 radical (unpaired) electrons. The Hall–Kier alpha value is -2.55. The molecule has 1 aliphatic carbocycles. The maximum atomic E-state index is 13.4. The molecule has 3 aliphatic rings. The molecule has 2 atom stereocenters. The van der Waals surface area contributed by atoms with Crippen molar-refractivity contribution in [3.05, 3.63) is 34.2 Å². The summed E-state index contributed by atoms with van der Waals surface area (Å²) in [6, 6.07) is 4.64. The summed E-state index contributed by atoms with van der Waals surface area (Å²) in [5, 5.41) is 10.3. The van der Waals surface area contributed by atoms with Crippen molar-refractivity contribution in [3.8, 4) is 11.5 Å².